The van der Waals surface area contributed by atoms with Crippen LogP contribution in [-0.2, 0) is 6.42 Å². The molecule has 0 bridgehead atoms. The molecule has 3 aromatic rings. The molecule has 4 heteroatoms. The third kappa shape index (κ3) is 4.56. The van der Waals surface area contributed by atoms with Gasteiger partial charge in [0.1, 0.15) is 5.82 Å². The standard InChI is InChI=1S/C20H22N4/c1-16(18-10-6-3-7-11-18)23-19-13-15-22-20(24-19)21-14-12-17-8-4-2-5-9-17/h2-11,13,15-16H,12,14H2,1H3,(H2,21,22,23,24)/t16-/m0/s1. The topological polar surface area (TPSA) is 49.8 Å². The SMILES string of the molecule is C[C@H](Nc1ccnc(NCCc2ccccc2)n1)c1ccccc1. The highest BCUT2D eigenvalue weighted by Gasteiger charge is 2.06. The molecule has 24 heavy (non-hydrogen) atoms. The normalized spacial score (nSPS) is 11.7. The van der Waals surface area contributed by atoms with Crippen molar-refractivity contribution in [1.82, 2.24) is 9.97 Å². The van der Waals surface area contributed by atoms with Gasteiger partial charge in [-0.1, -0.05) is 60.7 Å². The minimum atomic E-state index is 0.193. The van der Waals surface area contributed by atoms with Gasteiger partial charge in [0.05, 0.1) is 0 Å². The molecule has 0 spiro atoms. The quantitative estimate of drug-likeness (QED) is 0.682. The average molecular weight is 318 g/mol. The van der Waals surface area contributed by atoms with Gasteiger partial charge < -0.3 is 10.6 Å². The number of hydrogen-bond acceptors (Lipinski definition) is 4. The van der Waals surface area contributed by atoms with E-state index in [2.05, 4.69) is 63.9 Å². The predicted octanol–water partition coefficient (Wildman–Crippen LogP) is 4.30. The maximum atomic E-state index is 4.54. The summed E-state index contributed by atoms with van der Waals surface area (Å²) in [5.74, 6) is 1.47. The van der Waals surface area contributed by atoms with E-state index in [-0.39, 0.29) is 6.04 Å². The summed E-state index contributed by atoms with van der Waals surface area (Å²) in [6.45, 7) is 2.93. The van der Waals surface area contributed by atoms with Gasteiger partial charge in [-0.15, -0.1) is 0 Å². The van der Waals surface area contributed by atoms with Crippen molar-refractivity contribution >= 4 is 11.8 Å². The smallest absolute Gasteiger partial charge is 0.224 e. The molecule has 1 heterocycles. The molecule has 0 saturated heterocycles. The lowest BCUT2D eigenvalue weighted by Crippen LogP contribution is -2.11. The number of hydrogen-bond donors (Lipinski definition) is 2. The number of nitrogens with one attached hydrogen (secondary N) is 2. The molecular weight excluding hydrogens is 296 g/mol. The Kier molecular flexibility index (Phi) is 5.40. The molecule has 0 aliphatic carbocycles. The molecular formula is C20H22N4. The molecule has 3 rings (SSSR count). The van der Waals surface area contributed by atoms with E-state index in [9.17, 15) is 0 Å². The first-order valence-electron chi connectivity index (χ1n) is 8.23. The zero-order valence-corrected chi connectivity index (χ0v) is 13.8. The Labute approximate surface area is 143 Å². The van der Waals surface area contributed by atoms with Crippen molar-refractivity contribution in [2.45, 2.75) is 19.4 Å². The first-order chi connectivity index (χ1) is 11.8. The Balaban J connectivity index is 1.56. The molecule has 0 radical (unpaired) electrons. The highest BCUT2D eigenvalue weighted by atomic mass is 15.1. The minimum Gasteiger partial charge on any atom is -0.363 e. The van der Waals surface area contributed by atoms with Crippen molar-refractivity contribution in [2.24, 2.45) is 0 Å². The highest BCUT2D eigenvalue weighted by molar-refractivity contribution is 5.42. The predicted molar refractivity (Wildman–Crippen MR) is 99.1 cm³/mol. The molecule has 0 saturated carbocycles. The number of anilines is 2. The maximum absolute atomic E-state index is 4.54. The van der Waals surface area contributed by atoms with Crippen molar-refractivity contribution < 1.29 is 0 Å². The monoisotopic (exact) mass is 318 g/mol. The van der Waals surface area contributed by atoms with Gasteiger partial charge in [-0.05, 0) is 30.5 Å². The van der Waals surface area contributed by atoms with Crippen molar-refractivity contribution in [1.29, 1.82) is 0 Å². The van der Waals surface area contributed by atoms with Gasteiger partial charge in [0.25, 0.3) is 0 Å². The van der Waals surface area contributed by atoms with E-state index in [1.807, 2.05) is 30.3 Å². The fourth-order valence-electron chi connectivity index (χ4n) is 2.53. The summed E-state index contributed by atoms with van der Waals surface area (Å²) in [5.41, 5.74) is 2.53. The third-order valence-corrected chi connectivity index (χ3v) is 3.86. The molecule has 4 nitrogen and oxygen atoms in total. The molecule has 2 N–H and O–H groups in total. The van der Waals surface area contributed by atoms with Gasteiger partial charge in [-0.2, -0.15) is 4.98 Å². The van der Waals surface area contributed by atoms with Crippen molar-refractivity contribution in [3.8, 4) is 0 Å². The van der Waals surface area contributed by atoms with Gasteiger partial charge in [-0.25, -0.2) is 4.98 Å². The van der Waals surface area contributed by atoms with E-state index >= 15 is 0 Å². The maximum Gasteiger partial charge on any atom is 0.224 e. The first kappa shape index (κ1) is 16.0. The fraction of sp³-hybridized carbons (Fsp3) is 0.200. The lowest BCUT2D eigenvalue weighted by atomic mass is 10.1. The zero-order valence-electron chi connectivity index (χ0n) is 13.8. The van der Waals surface area contributed by atoms with Crippen molar-refractivity contribution in [3.63, 3.8) is 0 Å². The van der Waals surface area contributed by atoms with Crippen LogP contribution in [0.3, 0.4) is 0 Å². The molecule has 122 valence electrons. The van der Waals surface area contributed by atoms with Crippen molar-refractivity contribution in [2.75, 3.05) is 17.2 Å². The lowest BCUT2D eigenvalue weighted by molar-refractivity contribution is 0.870. The summed E-state index contributed by atoms with van der Waals surface area (Å²) in [6, 6.07) is 22.8. The van der Waals surface area contributed by atoms with Crippen LogP contribution in [0.4, 0.5) is 11.8 Å². The van der Waals surface area contributed by atoms with Gasteiger partial charge >= 0.3 is 0 Å². The Hall–Kier alpha value is -2.88. The lowest BCUT2D eigenvalue weighted by Gasteiger charge is -2.15. The van der Waals surface area contributed by atoms with Crippen LogP contribution in [0.25, 0.3) is 0 Å². The molecule has 0 aliphatic rings. The average Bonchev–Trinajstić information content (AvgIpc) is 2.64. The Bertz CT molecular complexity index is 744. The largest absolute Gasteiger partial charge is 0.363 e. The van der Waals surface area contributed by atoms with E-state index in [4.69, 9.17) is 0 Å². The van der Waals surface area contributed by atoms with E-state index < -0.39 is 0 Å². The zero-order chi connectivity index (χ0) is 16.6. The Morgan fingerprint density at radius 3 is 2.38 bits per heavy atom. The number of aromatic nitrogens is 2. The van der Waals surface area contributed by atoms with E-state index in [0.29, 0.717) is 5.95 Å². The minimum absolute atomic E-state index is 0.193. The van der Waals surface area contributed by atoms with Crippen LogP contribution >= 0.6 is 0 Å². The first-order valence-corrected chi connectivity index (χ1v) is 8.23. The second-order valence-corrected chi connectivity index (χ2v) is 5.70. The molecule has 1 atom stereocenters. The molecule has 0 unspecified atom stereocenters. The Morgan fingerprint density at radius 2 is 1.62 bits per heavy atom. The van der Waals surface area contributed by atoms with Crippen molar-refractivity contribution in [3.05, 3.63) is 84.1 Å². The second-order valence-electron chi connectivity index (χ2n) is 5.70. The van der Waals surface area contributed by atoms with Gasteiger partial charge in [0.15, 0.2) is 0 Å². The van der Waals surface area contributed by atoms with Crippen LogP contribution in [0.15, 0.2) is 72.9 Å². The van der Waals surface area contributed by atoms with Crippen LogP contribution in [0.5, 0.6) is 0 Å². The summed E-state index contributed by atoms with van der Waals surface area (Å²) in [6.07, 6.45) is 2.72. The summed E-state index contributed by atoms with van der Waals surface area (Å²) in [4.78, 5) is 8.82. The van der Waals surface area contributed by atoms with Crippen LogP contribution in [0, 0.1) is 0 Å². The van der Waals surface area contributed by atoms with Crippen LogP contribution in [0.1, 0.15) is 24.1 Å². The van der Waals surface area contributed by atoms with Gasteiger partial charge in [0.2, 0.25) is 5.95 Å². The molecule has 2 aromatic carbocycles. The third-order valence-electron chi connectivity index (χ3n) is 3.86. The summed E-state index contributed by atoms with van der Waals surface area (Å²) in [5, 5.41) is 6.70. The van der Waals surface area contributed by atoms with Gasteiger partial charge in [-0.3, -0.25) is 0 Å². The Morgan fingerprint density at radius 1 is 0.917 bits per heavy atom. The molecule has 1 aromatic heterocycles. The van der Waals surface area contributed by atoms with E-state index in [1.165, 1.54) is 11.1 Å². The summed E-state index contributed by atoms with van der Waals surface area (Å²) >= 11 is 0. The van der Waals surface area contributed by atoms with E-state index in [1.54, 1.807) is 6.20 Å². The number of rotatable bonds is 7. The second kappa shape index (κ2) is 8.11. The highest BCUT2D eigenvalue weighted by Crippen LogP contribution is 2.17. The summed E-state index contributed by atoms with van der Waals surface area (Å²) < 4.78 is 0. The molecule has 0 aliphatic heterocycles. The van der Waals surface area contributed by atoms with Gasteiger partial charge in [0, 0.05) is 18.8 Å². The van der Waals surface area contributed by atoms with Crippen LogP contribution < -0.4 is 10.6 Å². The number of benzene rings is 2. The summed E-state index contributed by atoms with van der Waals surface area (Å²) in [7, 11) is 0. The van der Waals surface area contributed by atoms with Crippen LogP contribution in [-0.4, -0.2) is 16.5 Å². The molecule has 0 amide bonds. The number of nitrogens with zero attached hydrogens (tertiary/aromatic N) is 2. The van der Waals surface area contributed by atoms with E-state index in [0.717, 1.165) is 18.8 Å². The fourth-order valence-corrected chi connectivity index (χ4v) is 2.53. The molecule has 0 fully saturated rings. The van der Waals surface area contributed by atoms with Crippen LogP contribution in [0.2, 0.25) is 0 Å².